The zero-order valence-electron chi connectivity index (χ0n) is 5.33. The Morgan fingerprint density at radius 1 is 0.917 bits per heavy atom. The number of alkyl halides is 6. The molecule has 0 aromatic heterocycles. The summed E-state index contributed by atoms with van der Waals surface area (Å²) in [6.45, 7) is -2.69. The van der Waals surface area contributed by atoms with E-state index in [2.05, 4.69) is 0 Å². The van der Waals surface area contributed by atoms with Gasteiger partial charge in [-0.05, 0) is 0 Å². The maximum absolute atomic E-state index is 11.4. The van der Waals surface area contributed by atoms with Crippen LogP contribution in [-0.2, 0) is 0 Å². The maximum Gasteiger partial charge on any atom is 0.424 e. The third-order valence-corrected chi connectivity index (χ3v) is 1.15. The molecule has 0 atom stereocenters. The van der Waals surface area contributed by atoms with E-state index in [0.29, 0.717) is 0 Å². The van der Waals surface area contributed by atoms with Crippen LogP contribution in [0.1, 0.15) is 0 Å². The molecule has 0 aromatic carbocycles. The second-order valence-electron chi connectivity index (χ2n) is 2.00. The van der Waals surface area contributed by atoms with E-state index in [1.54, 1.807) is 0 Å². The van der Waals surface area contributed by atoms with E-state index < -0.39 is 24.6 Å². The highest BCUT2D eigenvalue weighted by Crippen LogP contribution is 2.41. The van der Waals surface area contributed by atoms with Crippen molar-refractivity contribution >= 4 is 0 Å². The first-order valence-corrected chi connectivity index (χ1v) is 2.50. The molecule has 0 aliphatic carbocycles. The Morgan fingerprint density at radius 3 is 1.17 bits per heavy atom. The summed E-state index contributed by atoms with van der Waals surface area (Å²) in [5.41, 5.74) is -5.14. The smallest absolute Gasteiger partial charge is 0.424 e. The molecule has 0 saturated carbocycles. The number of hydrogen-bond donors (Lipinski definition) is 1. The van der Waals surface area contributed by atoms with Crippen LogP contribution in [0.15, 0.2) is 0 Å². The number of aliphatic hydroxyl groups is 1. The summed E-state index contributed by atoms with van der Waals surface area (Å²) in [5, 5.41) is 17.5. The Kier molecular flexibility index (Phi) is 2.65. The van der Waals surface area contributed by atoms with Gasteiger partial charge in [-0.2, -0.15) is 26.3 Å². The molecule has 0 amide bonds. The third-order valence-electron chi connectivity index (χ3n) is 1.15. The van der Waals surface area contributed by atoms with Crippen molar-refractivity contribution in [1.82, 2.24) is 0 Å². The van der Waals surface area contributed by atoms with E-state index >= 15 is 0 Å². The summed E-state index contributed by atoms with van der Waals surface area (Å²) in [5.74, 6) is 0. The lowest BCUT2D eigenvalue weighted by atomic mass is 10.1. The molecule has 2 nitrogen and oxygen atoms in total. The van der Waals surface area contributed by atoms with E-state index in [4.69, 9.17) is 5.11 Å². The average Bonchev–Trinajstić information content (AvgIpc) is 1.81. The molecule has 0 saturated heterocycles. The first-order valence-electron chi connectivity index (χ1n) is 2.50. The summed E-state index contributed by atoms with van der Waals surface area (Å²) in [6.07, 6.45) is -12.0. The predicted octanol–water partition coefficient (Wildman–Crippen LogP) is 0.202. The second kappa shape index (κ2) is 2.77. The van der Waals surface area contributed by atoms with E-state index in [-0.39, 0.29) is 0 Å². The quantitative estimate of drug-likeness (QED) is 0.610. The largest absolute Gasteiger partial charge is 0.852 e. The van der Waals surface area contributed by atoms with Crippen molar-refractivity contribution in [3.05, 3.63) is 0 Å². The highest BCUT2D eigenvalue weighted by atomic mass is 19.4. The van der Waals surface area contributed by atoms with Crippen LogP contribution < -0.4 is 5.11 Å². The fourth-order valence-electron chi connectivity index (χ4n) is 0.324. The molecule has 0 aromatic rings. The van der Waals surface area contributed by atoms with Crippen LogP contribution in [0.4, 0.5) is 26.3 Å². The van der Waals surface area contributed by atoms with Crippen molar-refractivity contribution in [3.8, 4) is 0 Å². The highest BCUT2D eigenvalue weighted by Gasteiger charge is 2.67. The van der Waals surface area contributed by atoms with Crippen molar-refractivity contribution in [3.63, 3.8) is 0 Å². The highest BCUT2D eigenvalue weighted by molar-refractivity contribution is 4.92. The van der Waals surface area contributed by atoms with Crippen LogP contribution >= 0.6 is 0 Å². The van der Waals surface area contributed by atoms with E-state index in [1.807, 2.05) is 0 Å². The Bertz CT molecular complexity index is 144. The fraction of sp³-hybridized carbons (Fsp3) is 1.00. The summed E-state index contributed by atoms with van der Waals surface area (Å²) in [4.78, 5) is 0. The number of rotatable bonds is 1. The number of halogens is 6. The zero-order chi connectivity index (χ0) is 10.2. The Hall–Kier alpha value is -0.500. The molecule has 0 bridgehead atoms. The summed E-state index contributed by atoms with van der Waals surface area (Å²) >= 11 is 0. The van der Waals surface area contributed by atoms with Gasteiger partial charge in [-0.15, -0.1) is 0 Å². The predicted molar refractivity (Wildman–Crippen MR) is 21.9 cm³/mol. The molecule has 74 valence electrons. The van der Waals surface area contributed by atoms with Crippen molar-refractivity contribution in [2.45, 2.75) is 18.0 Å². The fourth-order valence-corrected chi connectivity index (χ4v) is 0.324. The van der Waals surface area contributed by atoms with Crippen LogP contribution in [0.5, 0.6) is 0 Å². The van der Waals surface area contributed by atoms with Gasteiger partial charge in [-0.25, -0.2) is 0 Å². The van der Waals surface area contributed by atoms with Gasteiger partial charge in [0.25, 0.3) is 0 Å². The van der Waals surface area contributed by atoms with E-state index in [9.17, 15) is 31.4 Å². The van der Waals surface area contributed by atoms with Crippen molar-refractivity contribution in [1.29, 1.82) is 0 Å². The molecule has 0 radical (unpaired) electrons. The average molecular weight is 197 g/mol. The van der Waals surface area contributed by atoms with Gasteiger partial charge in [0.2, 0.25) is 5.60 Å². The topological polar surface area (TPSA) is 43.3 Å². The summed E-state index contributed by atoms with van der Waals surface area (Å²) in [7, 11) is 0. The van der Waals surface area contributed by atoms with Gasteiger partial charge in [-0.3, -0.25) is 0 Å². The Morgan fingerprint density at radius 2 is 1.17 bits per heavy atom. The molecule has 0 rings (SSSR count). The minimum Gasteiger partial charge on any atom is -0.852 e. The molecule has 0 aliphatic heterocycles. The first-order chi connectivity index (χ1) is 5.06. The SMILES string of the molecule is [O-]CC(O)(C(F)(F)F)C(F)(F)F. The van der Waals surface area contributed by atoms with Gasteiger partial charge in [0.1, 0.15) is 0 Å². The van der Waals surface area contributed by atoms with E-state index in [1.165, 1.54) is 0 Å². The molecule has 0 unspecified atom stereocenters. The third kappa shape index (κ3) is 1.63. The van der Waals surface area contributed by atoms with Gasteiger partial charge in [0, 0.05) is 0 Å². The molecular weight excluding hydrogens is 194 g/mol. The van der Waals surface area contributed by atoms with Gasteiger partial charge >= 0.3 is 12.4 Å². The molecule has 0 fully saturated rings. The molecule has 1 N–H and O–H groups in total. The van der Waals surface area contributed by atoms with Crippen LogP contribution in [-0.4, -0.2) is 29.7 Å². The molecular formula is C4H3F6O2-. The molecule has 8 heteroatoms. The van der Waals surface area contributed by atoms with Gasteiger partial charge in [0.05, 0.1) is 0 Å². The summed E-state index contributed by atoms with van der Waals surface area (Å²) < 4.78 is 68.6. The normalized spacial score (nSPS) is 15.0. The lowest BCUT2D eigenvalue weighted by Gasteiger charge is -2.34. The van der Waals surface area contributed by atoms with Crippen LogP contribution in [0.25, 0.3) is 0 Å². The number of hydrogen-bond acceptors (Lipinski definition) is 2. The second-order valence-corrected chi connectivity index (χ2v) is 2.00. The van der Waals surface area contributed by atoms with Crippen molar-refractivity contribution < 1.29 is 36.6 Å². The first kappa shape index (κ1) is 11.5. The Labute approximate surface area is 62.4 Å². The standard InChI is InChI=1S/C4H3F6O2/c5-3(6,7)2(12,1-11)4(8,9)10/h12H,1H2/q-1. The minimum atomic E-state index is -5.99. The summed E-state index contributed by atoms with van der Waals surface area (Å²) in [6, 6.07) is 0. The van der Waals surface area contributed by atoms with Crippen LogP contribution in [0.3, 0.4) is 0 Å². The lowest BCUT2D eigenvalue weighted by molar-refractivity contribution is -0.471. The van der Waals surface area contributed by atoms with Crippen molar-refractivity contribution in [2.75, 3.05) is 6.61 Å². The zero-order valence-corrected chi connectivity index (χ0v) is 5.33. The molecule has 12 heavy (non-hydrogen) atoms. The van der Waals surface area contributed by atoms with Crippen LogP contribution in [0.2, 0.25) is 0 Å². The monoisotopic (exact) mass is 197 g/mol. The van der Waals surface area contributed by atoms with Gasteiger partial charge < -0.3 is 10.2 Å². The molecule has 0 heterocycles. The van der Waals surface area contributed by atoms with Gasteiger partial charge in [-0.1, -0.05) is 6.61 Å². The van der Waals surface area contributed by atoms with Crippen molar-refractivity contribution in [2.24, 2.45) is 0 Å². The van der Waals surface area contributed by atoms with E-state index in [0.717, 1.165) is 0 Å². The molecule has 0 spiro atoms. The van der Waals surface area contributed by atoms with Gasteiger partial charge in [0.15, 0.2) is 0 Å². The maximum atomic E-state index is 11.4. The Balaban J connectivity index is 4.95. The molecule has 0 aliphatic rings. The lowest BCUT2D eigenvalue weighted by Crippen LogP contribution is -2.62. The minimum absolute atomic E-state index is 2.69. The van der Waals surface area contributed by atoms with Crippen LogP contribution in [0, 0.1) is 0 Å².